The molecule has 1 fully saturated rings. The highest BCUT2D eigenvalue weighted by atomic mass is 32.2. The fraction of sp³-hybridized carbons (Fsp3) is 0.303. The summed E-state index contributed by atoms with van der Waals surface area (Å²) in [6, 6.07) is 15.5. The molecule has 9 nitrogen and oxygen atoms in total. The number of rotatable bonds is 6. The predicted molar refractivity (Wildman–Crippen MR) is 167 cm³/mol. The van der Waals surface area contributed by atoms with Gasteiger partial charge in [-0.2, -0.15) is 0 Å². The number of amides is 2. The van der Waals surface area contributed by atoms with Gasteiger partial charge in [-0.3, -0.25) is 14.4 Å². The molecular weight excluding hydrogens is 562 g/mol. The van der Waals surface area contributed by atoms with Crippen molar-refractivity contribution in [3.8, 4) is 11.5 Å². The maximum atomic E-state index is 14.3. The molecule has 5 atom stereocenters. The molecule has 6 rings (SSSR count). The number of aryl methyl sites for hydroxylation is 2. The zero-order valence-electron chi connectivity index (χ0n) is 24.1. The second kappa shape index (κ2) is 10.9. The van der Waals surface area contributed by atoms with Gasteiger partial charge in [0, 0.05) is 35.6 Å². The first kappa shape index (κ1) is 29.0. The molecule has 5 unspecified atom stereocenters. The number of ether oxygens (including phenoxy) is 1. The molecule has 3 aromatic rings. The van der Waals surface area contributed by atoms with E-state index in [2.05, 4.69) is 11.9 Å². The summed E-state index contributed by atoms with van der Waals surface area (Å²) in [7, 11) is 0. The molecule has 1 aliphatic carbocycles. The summed E-state index contributed by atoms with van der Waals surface area (Å²) in [6.07, 6.45) is 1.91. The number of hydrogen-bond acceptors (Lipinski definition) is 8. The van der Waals surface area contributed by atoms with Crippen LogP contribution in [0.1, 0.15) is 40.2 Å². The Labute approximate surface area is 254 Å². The van der Waals surface area contributed by atoms with Gasteiger partial charge < -0.3 is 32.2 Å². The smallest absolute Gasteiger partial charge is 0.246 e. The van der Waals surface area contributed by atoms with Crippen LogP contribution in [0.15, 0.2) is 72.1 Å². The van der Waals surface area contributed by atoms with E-state index in [1.807, 2.05) is 56.3 Å². The molecule has 2 aliphatic heterocycles. The lowest BCUT2D eigenvalue weighted by molar-refractivity contribution is -0.127. The Hall–Kier alpha value is -4.12. The topological polar surface area (TPSA) is 154 Å². The SMILES string of the molecule is C=CC(=O)N1CCC(NC(=O)C2Sc3c(N)ccc4c3C2C(N)C(=O)C4(N)c2c(C)cc(Oc3ccccc3)cc2C)C1. The normalized spacial score (nSPS) is 25.8. The zero-order chi connectivity index (χ0) is 30.6. The maximum absolute atomic E-state index is 14.3. The van der Waals surface area contributed by atoms with Crippen LogP contribution in [0.2, 0.25) is 0 Å². The summed E-state index contributed by atoms with van der Waals surface area (Å²) in [5.74, 6) is -0.0263. The molecule has 0 radical (unpaired) electrons. The third kappa shape index (κ3) is 4.70. The monoisotopic (exact) mass is 597 g/mol. The summed E-state index contributed by atoms with van der Waals surface area (Å²) >= 11 is 1.32. The number of nitrogen functional groups attached to an aromatic ring is 1. The van der Waals surface area contributed by atoms with Crippen LogP contribution in [0, 0.1) is 13.8 Å². The number of nitrogens with two attached hydrogens (primary N) is 3. The summed E-state index contributed by atoms with van der Waals surface area (Å²) in [4.78, 5) is 42.5. The van der Waals surface area contributed by atoms with Crippen LogP contribution >= 0.6 is 11.8 Å². The minimum Gasteiger partial charge on any atom is -0.457 e. The first-order valence-electron chi connectivity index (χ1n) is 14.3. The van der Waals surface area contributed by atoms with Crippen LogP contribution in [0.3, 0.4) is 0 Å². The Morgan fingerprint density at radius 2 is 1.81 bits per heavy atom. The van der Waals surface area contributed by atoms with Crippen molar-refractivity contribution < 1.29 is 19.1 Å². The third-order valence-corrected chi connectivity index (χ3v) is 10.2. The Morgan fingerprint density at radius 1 is 1.12 bits per heavy atom. The highest BCUT2D eigenvalue weighted by Gasteiger charge is 2.57. The molecule has 10 heteroatoms. The van der Waals surface area contributed by atoms with Gasteiger partial charge in [-0.05, 0) is 84.5 Å². The highest BCUT2D eigenvalue weighted by molar-refractivity contribution is 8.01. The molecule has 1 saturated heterocycles. The average molecular weight is 598 g/mol. The van der Waals surface area contributed by atoms with E-state index in [9.17, 15) is 14.4 Å². The van der Waals surface area contributed by atoms with Gasteiger partial charge in [0.1, 0.15) is 17.0 Å². The van der Waals surface area contributed by atoms with Gasteiger partial charge in [0.15, 0.2) is 5.78 Å². The van der Waals surface area contributed by atoms with Crippen molar-refractivity contribution in [1.29, 1.82) is 0 Å². The Kier molecular flexibility index (Phi) is 7.32. The van der Waals surface area contributed by atoms with Crippen LogP contribution in [-0.4, -0.2) is 52.9 Å². The summed E-state index contributed by atoms with van der Waals surface area (Å²) in [6.45, 7) is 8.30. The molecule has 3 aromatic carbocycles. The minimum absolute atomic E-state index is 0.166. The fourth-order valence-electron chi connectivity index (χ4n) is 6.90. The molecule has 3 aliphatic rings. The average Bonchev–Trinajstić information content (AvgIpc) is 3.61. The standard InChI is InChI=1S/C33H35N5O4S/c1-4-24(39)38-13-12-19(16-38)37-32(41)30-26-25-22(10-11-23(34)29(25)43-30)33(36,31(40)28(26)35)27-17(2)14-21(15-18(27)3)42-20-8-6-5-7-9-20/h4-11,14-15,19,26,28,30H,1,12-13,16,34-36H2,2-3H3,(H,37,41). The Balaban J connectivity index is 1.35. The first-order valence-corrected chi connectivity index (χ1v) is 15.2. The number of benzene rings is 3. The molecule has 2 heterocycles. The molecule has 0 saturated carbocycles. The van der Waals surface area contributed by atoms with E-state index in [-0.39, 0.29) is 23.6 Å². The quantitative estimate of drug-likeness (QED) is 0.250. The molecule has 2 amide bonds. The number of anilines is 1. The number of ketones is 1. The number of nitrogens with one attached hydrogen (secondary N) is 1. The van der Waals surface area contributed by atoms with E-state index in [0.717, 1.165) is 21.6 Å². The third-order valence-electron chi connectivity index (χ3n) is 8.79. The molecule has 222 valence electrons. The lowest BCUT2D eigenvalue weighted by atomic mass is 9.64. The number of nitrogens with zero attached hydrogens (tertiary/aromatic N) is 1. The Morgan fingerprint density at radius 3 is 2.49 bits per heavy atom. The first-order chi connectivity index (χ1) is 20.5. The van der Waals surface area contributed by atoms with Crippen molar-refractivity contribution in [3.05, 3.63) is 95.1 Å². The molecular formula is C33H35N5O4S. The van der Waals surface area contributed by atoms with E-state index >= 15 is 0 Å². The van der Waals surface area contributed by atoms with Gasteiger partial charge in [0.05, 0.1) is 11.3 Å². The second-order valence-corrected chi connectivity index (χ2v) is 12.7. The second-order valence-electron chi connectivity index (χ2n) is 11.5. The van der Waals surface area contributed by atoms with Crippen LogP contribution in [0.5, 0.6) is 11.5 Å². The zero-order valence-corrected chi connectivity index (χ0v) is 24.9. The minimum atomic E-state index is -1.55. The summed E-state index contributed by atoms with van der Waals surface area (Å²) in [5, 5.41) is 2.41. The van der Waals surface area contributed by atoms with Crippen molar-refractivity contribution in [2.75, 3.05) is 18.8 Å². The number of likely N-dealkylation sites (tertiary alicyclic amines) is 1. The van der Waals surface area contributed by atoms with E-state index in [0.29, 0.717) is 47.8 Å². The lowest BCUT2D eigenvalue weighted by Gasteiger charge is -2.42. The van der Waals surface area contributed by atoms with Gasteiger partial charge in [0.2, 0.25) is 11.8 Å². The van der Waals surface area contributed by atoms with Gasteiger partial charge >= 0.3 is 0 Å². The van der Waals surface area contributed by atoms with Crippen LogP contribution in [0.25, 0.3) is 0 Å². The van der Waals surface area contributed by atoms with Crippen LogP contribution < -0.4 is 27.3 Å². The predicted octanol–water partition coefficient (Wildman–Crippen LogP) is 3.25. The van der Waals surface area contributed by atoms with Gasteiger partial charge in [-0.15, -0.1) is 11.8 Å². The summed E-state index contributed by atoms with van der Waals surface area (Å²) in [5.41, 5.74) is 23.0. The number of carbonyl (C=O) groups excluding carboxylic acids is 3. The van der Waals surface area contributed by atoms with Gasteiger partial charge in [-0.1, -0.05) is 30.8 Å². The molecule has 0 bridgehead atoms. The maximum Gasteiger partial charge on any atom is 0.246 e. The highest BCUT2D eigenvalue weighted by Crippen LogP contribution is 2.57. The number of thioether (sulfide) groups is 1. The van der Waals surface area contributed by atoms with Crippen molar-refractivity contribution in [2.24, 2.45) is 11.5 Å². The molecule has 0 spiro atoms. The number of carbonyl (C=O) groups is 3. The molecule has 0 aromatic heterocycles. The number of hydrogen-bond donors (Lipinski definition) is 4. The van der Waals surface area contributed by atoms with Gasteiger partial charge in [0.25, 0.3) is 0 Å². The van der Waals surface area contributed by atoms with E-state index in [4.69, 9.17) is 21.9 Å². The fourth-order valence-corrected chi connectivity index (χ4v) is 8.35. The van der Waals surface area contributed by atoms with Crippen molar-refractivity contribution in [2.45, 2.75) is 54.0 Å². The van der Waals surface area contributed by atoms with Crippen molar-refractivity contribution >= 4 is 35.0 Å². The Bertz CT molecular complexity index is 1640. The molecule has 7 N–H and O–H groups in total. The van der Waals surface area contributed by atoms with Crippen molar-refractivity contribution in [1.82, 2.24) is 10.2 Å². The van der Waals surface area contributed by atoms with Crippen LogP contribution in [-0.2, 0) is 19.9 Å². The number of Topliss-reactive ketones (excluding diaryl/α,β-unsaturated/α-hetero) is 1. The van der Waals surface area contributed by atoms with E-state index in [1.54, 1.807) is 17.0 Å². The summed E-state index contributed by atoms with van der Waals surface area (Å²) < 4.78 is 6.07. The van der Waals surface area contributed by atoms with Crippen molar-refractivity contribution in [3.63, 3.8) is 0 Å². The van der Waals surface area contributed by atoms with E-state index < -0.39 is 22.7 Å². The lowest BCUT2D eigenvalue weighted by Crippen LogP contribution is -2.61. The van der Waals surface area contributed by atoms with E-state index in [1.165, 1.54) is 17.8 Å². The molecule has 43 heavy (non-hydrogen) atoms. The van der Waals surface area contributed by atoms with Crippen LogP contribution in [0.4, 0.5) is 5.69 Å². The van der Waals surface area contributed by atoms with Gasteiger partial charge in [-0.25, -0.2) is 0 Å². The largest absolute Gasteiger partial charge is 0.457 e. The number of para-hydroxylation sites is 1.